The van der Waals surface area contributed by atoms with Crippen LogP contribution in [0.4, 0.5) is 10.5 Å². The zero-order valence-corrected chi connectivity index (χ0v) is 11.2. The molecule has 1 heterocycles. The minimum absolute atomic E-state index is 0.0445. The monoisotopic (exact) mass is 265 g/mol. The van der Waals surface area contributed by atoms with Crippen molar-refractivity contribution >= 4 is 17.7 Å². The SMILES string of the molecule is CCCN(CCC)C(=O)Nc1ccc(C(=O)O)nc1. The average Bonchev–Trinajstić information content (AvgIpc) is 2.39. The molecule has 2 amide bonds. The van der Waals surface area contributed by atoms with Gasteiger partial charge in [-0.15, -0.1) is 0 Å². The van der Waals surface area contributed by atoms with Crippen molar-refractivity contribution in [2.45, 2.75) is 26.7 Å². The Labute approximate surface area is 112 Å². The molecule has 1 rings (SSSR count). The molecule has 0 bridgehead atoms. The number of carboxylic acids is 1. The summed E-state index contributed by atoms with van der Waals surface area (Å²) in [7, 11) is 0. The molecule has 0 fully saturated rings. The van der Waals surface area contributed by atoms with Crippen LogP contribution in [-0.4, -0.2) is 40.1 Å². The quantitative estimate of drug-likeness (QED) is 0.827. The van der Waals surface area contributed by atoms with E-state index in [-0.39, 0.29) is 11.7 Å². The van der Waals surface area contributed by atoms with Crippen LogP contribution in [0.5, 0.6) is 0 Å². The third-order valence-corrected chi connectivity index (χ3v) is 2.51. The summed E-state index contributed by atoms with van der Waals surface area (Å²) in [6, 6.07) is 2.71. The van der Waals surface area contributed by atoms with E-state index >= 15 is 0 Å². The van der Waals surface area contributed by atoms with Crippen molar-refractivity contribution in [2.24, 2.45) is 0 Å². The Hall–Kier alpha value is -2.11. The summed E-state index contributed by atoms with van der Waals surface area (Å²) in [5, 5.41) is 11.4. The average molecular weight is 265 g/mol. The van der Waals surface area contributed by atoms with Crippen LogP contribution < -0.4 is 5.32 Å². The van der Waals surface area contributed by atoms with Gasteiger partial charge in [0.2, 0.25) is 0 Å². The van der Waals surface area contributed by atoms with Crippen LogP contribution in [0, 0.1) is 0 Å². The van der Waals surface area contributed by atoms with Crippen LogP contribution in [0.1, 0.15) is 37.2 Å². The lowest BCUT2D eigenvalue weighted by molar-refractivity contribution is 0.0690. The number of pyridine rings is 1. The first-order chi connectivity index (χ1) is 9.08. The number of anilines is 1. The van der Waals surface area contributed by atoms with Gasteiger partial charge in [0, 0.05) is 13.1 Å². The second kappa shape index (κ2) is 7.35. The van der Waals surface area contributed by atoms with Crippen molar-refractivity contribution in [1.29, 1.82) is 0 Å². The summed E-state index contributed by atoms with van der Waals surface area (Å²) in [6.07, 6.45) is 3.13. The molecule has 0 unspecified atom stereocenters. The number of aromatic nitrogens is 1. The largest absolute Gasteiger partial charge is 0.477 e. The van der Waals surface area contributed by atoms with E-state index in [2.05, 4.69) is 10.3 Å². The van der Waals surface area contributed by atoms with Crippen LogP contribution in [0.25, 0.3) is 0 Å². The van der Waals surface area contributed by atoms with Gasteiger partial charge < -0.3 is 15.3 Å². The summed E-state index contributed by atoms with van der Waals surface area (Å²) in [6.45, 7) is 5.42. The number of carbonyl (C=O) groups is 2. The molecule has 0 aromatic carbocycles. The Balaban J connectivity index is 2.66. The first-order valence-corrected chi connectivity index (χ1v) is 6.33. The predicted octanol–water partition coefficient (Wildman–Crippen LogP) is 2.43. The molecule has 0 saturated heterocycles. The van der Waals surface area contributed by atoms with Crippen molar-refractivity contribution in [3.05, 3.63) is 24.0 Å². The minimum atomic E-state index is -1.09. The van der Waals surface area contributed by atoms with Gasteiger partial charge in [-0.05, 0) is 25.0 Å². The van der Waals surface area contributed by atoms with Gasteiger partial charge in [0.15, 0.2) is 0 Å². The number of nitrogens with one attached hydrogen (secondary N) is 1. The fourth-order valence-electron chi connectivity index (χ4n) is 1.65. The van der Waals surface area contributed by atoms with E-state index in [0.29, 0.717) is 18.8 Å². The van der Waals surface area contributed by atoms with E-state index < -0.39 is 5.97 Å². The fourth-order valence-corrected chi connectivity index (χ4v) is 1.65. The lowest BCUT2D eigenvalue weighted by Gasteiger charge is -2.21. The van der Waals surface area contributed by atoms with Crippen molar-refractivity contribution in [3.63, 3.8) is 0 Å². The standard InChI is InChI=1S/C13H19N3O3/c1-3-7-16(8-4-2)13(19)15-10-5-6-11(12(17)18)14-9-10/h5-6,9H,3-4,7-8H2,1-2H3,(H,15,19)(H,17,18). The van der Waals surface area contributed by atoms with Crippen molar-refractivity contribution in [1.82, 2.24) is 9.88 Å². The lowest BCUT2D eigenvalue weighted by Crippen LogP contribution is -2.36. The summed E-state index contributed by atoms with van der Waals surface area (Å²) in [4.78, 5) is 28.1. The molecule has 0 aliphatic rings. The second-order valence-electron chi connectivity index (χ2n) is 4.15. The smallest absolute Gasteiger partial charge is 0.354 e. The Morgan fingerprint density at radius 2 is 1.89 bits per heavy atom. The lowest BCUT2D eigenvalue weighted by atomic mass is 10.3. The van der Waals surface area contributed by atoms with E-state index in [1.165, 1.54) is 18.3 Å². The normalized spacial score (nSPS) is 10.0. The van der Waals surface area contributed by atoms with Gasteiger partial charge in [0.1, 0.15) is 5.69 Å². The van der Waals surface area contributed by atoms with Crippen molar-refractivity contribution < 1.29 is 14.7 Å². The maximum atomic E-state index is 12.0. The van der Waals surface area contributed by atoms with Gasteiger partial charge in [0.05, 0.1) is 11.9 Å². The number of amides is 2. The van der Waals surface area contributed by atoms with Gasteiger partial charge in [-0.25, -0.2) is 14.6 Å². The first-order valence-electron chi connectivity index (χ1n) is 6.33. The molecule has 0 saturated carbocycles. The zero-order valence-electron chi connectivity index (χ0n) is 11.2. The van der Waals surface area contributed by atoms with E-state index in [4.69, 9.17) is 5.11 Å². The zero-order chi connectivity index (χ0) is 14.3. The summed E-state index contributed by atoms with van der Waals surface area (Å²) >= 11 is 0. The highest BCUT2D eigenvalue weighted by molar-refractivity contribution is 5.90. The molecule has 104 valence electrons. The van der Waals surface area contributed by atoms with Crippen LogP contribution in [-0.2, 0) is 0 Å². The first kappa shape index (κ1) is 14.9. The highest BCUT2D eigenvalue weighted by Crippen LogP contribution is 2.08. The Kier molecular flexibility index (Phi) is 5.78. The molecule has 0 atom stereocenters. The third kappa shape index (κ3) is 4.57. The molecule has 0 radical (unpaired) electrons. The number of carbonyl (C=O) groups excluding carboxylic acids is 1. The molecule has 1 aromatic heterocycles. The number of urea groups is 1. The number of rotatable bonds is 6. The van der Waals surface area contributed by atoms with Crippen LogP contribution in [0.2, 0.25) is 0 Å². The van der Waals surface area contributed by atoms with Gasteiger partial charge in [-0.2, -0.15) is 0 Å². The highest BCUT2D eigenvalue weighted by atomic mass is 16.4. The Bertz CT molecular complexity index is 425. The minimum Gasteiger partial charge on any atom is -0.477 e. The van der Waals surface area contributed by atoms with E-state index in [0.717, 1.165) is 12.8 Å². The summed E-state index contributed by atoms with van der Waals surface area (Å²) in [5.41, 5.74) is 0.448. The number of hydrogen-bond donors (Lipinski definition) is 2. The number of nitrogens with zero attached hydrogens (tertiary/aromatic N) is 2. The third-order valence-electron chi connectivity index (χ3n) is 2.51. The molecule has 2 N–H and O–H groups in total. The highest BCUT2D eigenvalue weighted by Gasteiger charge is 2.12. The number of hydrogen-bond acceptors (Lipinski definition) is 3. The predicted molar refractivity (Wildman–Crippen MR) is 72.4 cm³/mol. The summed E-state index contributed by atoms with van der Waals surface area (Å²) in [5.74, 6) is -1.09. The van der Waals surface area contributed by atoms with Gasteiger partial charge in [-0.1, -0.05) is 13.8 Å². The molecule has 6 nitrogen and oxygen atoms in total. The second-order valence-corrected chi connectivity index (χ2v) is 4.15. The molecular formula is C13H19N3O3. The van der Waals surface area contributed by atoms with E-state index in [9.17, 15) is 9.59 Å². The van der Waals surface area contributed by atoms with Crippen LogP contribution in [0.3, 0.4) is 0 Å². The maximum absolute atomic E-state index is 12.0. The molecule has 0 aliphatic heterocycles. The number of carboxylic acid groups (broad SMARTS) is 1. The molecule has 0 aliphatic carbocycles. The van der Waals surface area contributed by atoms with Gasteiger partial charge >= 0.3 is 12.0 Å². The molecule has 0 spiro atoms. The summed E-state index contributed by atoms with van der Waals surface area (Å²) < 4.78 is 0. The Morgan fingerprint density at radius 3 is 2.32 bits per heavy atom. The van der Waals surface area contributed by atoms with Crippen molar-refractivity contribution in [3.8, 4) is 0 Å². The van der Waals surface area contributed by atoms with Crippen LogP contribution in [0.15, 0.2) is 18.3 Å². The molecular weight excluding hydrogens is 246 g/mol. The molecule has 6 heteroatoms. The van der Waals surface area contributed by atoms with Gasteiger partial charge in [0.25, 0.3) is 0 Å². The van der Waals surface area contributed by atoms with Crippen LogP contribution >= 0.6 is 0 Å². The van der Waals surface area contributed by atoms with Gasteiger partial charge in [-0.3, -0.25) is 0 Å². The van der Waals surface area contributed by atoms with E-state index in [1.54, 1.807) is 4.90 Å². The fraction of sp³-hybridized carbons (Fsp3) is 0.462. The maximum Gasteiger partial charge on any atom is 0.354 e. The topological polar surface area (TPSA) is 82.5 Å². The van der Waals surface area contributed by atoms with Crippen molar-refractivity contribution in [2.75, 3.05) is 18.4 Å². The van der Waals surface area contributed by atoms with E-state index in [1.807, 2.05) is 13.8 Å². The molecule has 1 aromatic rings. The Morgan fingerprint density at radius 1 is 1.26 bits per heavy atom. The number of aromatic carboxylic acids is 1. The molecule has 19 heavy (non-hydrogen) atoms.